The lowest BCUT2D eigenvalue weighted by Gasteiger charge is -2.30. The highest BCUT2D eigenvalue weighted by Gasteiger charge is 2.35. The summed E-state index contributed by atoms with van der Waals surface area (Å²) in [5.41, 5.74) is 2.86. The van der Waals surface area contributed by atoms with Gasteiger partial charge in [0.1, 0.15) is 17.2 Å². The fourth-order valence-electron chi connectivity index (χ4n) is 4.43. The van der Waals surface area contributed by atoms with Crippen LogP contribution in [0.4, 0.5) is 0 Å². The number of hydrogen-bond donors (Lipinski definition) is 0. The van der Waals surface area contributed by atoms with Crippen LogP contribution in [0.2, 0.25) is 0 Å². The first kappa shape index (κ1) is 27.3. The summed E-state index contributed by atoms with van der Waals surface area (Å²) in [6, 6.07) is 8.82. The molecule has 0 N–H and O–H groups in total. The average Bonchev–Trinajstić information content (AvgIpc) is 3.28. The van der Waals surface area contributed by atoms with Gasteiger partial charge in [0.15, 0.2) is 0 Å². The van der Waals surface area contributed by atoms with Gasteiger partial charge in [-0.1, -0.05) is 26.0 Å². The fourth-order valence-corrected chi connectivity index (χ4v) is 6.35. The van der Waals surface area contributed by atoms with Crippen molar-refractivity contribution in [1.29, 1.82) is 0 Å². The van der Waals surface area contributed by atoms with E-state index in [-0.39, 0.29) is 23.3 Å². The van der Waals surface area contributed by atoms with E-state index in [2.05, 4.69) is 39.9 Å². The fraction of sp³-hybridized carbons (Fsp3) is 0.423. The lowest BCUT2D eigenvalue weighted by Crippen LogP contribution is -2.33. The maximum Gasteiger partial charge on any atom is 0.327 e. The molecule has 1 aliphatic carbocycles. The number of pyridine rings is 1. The predicted octanol–water partition coefficient (Wildman–Crippen LogP) is 5.22. The number of aromatic nitrogens is 3. The van der Waals surface area contributed by atoms with Crippen LogP contribution in [0.25, 0.3) is 0 Å². The van der Waals surface area contributed by atoms with Crippen LogP contribution in [0.3, 0.4) is 0 Å². The standard InChI is InChI=1S/C26H31BrN4O5S/c1-5-35-25(32)16-31-24-8-6-7-23(21(24)15-29-31)30(4)37(33,34)20-13-22(27)26(28-14-20)36-19-11-9-18(10-12-19)17(2)3/h9-15,17,23H,5-8,16H2,1-4H3. The SMILES string of the molecule is CCOC(=O)Cn1ncc2c1CCCC2N(C)S(=O)(=O)c1cnc(Oc2ccc(C(C)C)cc2)c(Br)c1. The largest absolute Gasteiger partial charge is 0.465 e. The van der Waals surface area contributed by atoms with Gasteiger partial charge in [0, 0.05) is 18.3 Å². The Morgan fingerprint density at radius 1 is 1.24 bits per heavy atom. The monoisotopic (exact) mass is 590 g/mol. The second-order valence-electron chi connectivity index (χ2n) is 9.22. The van der Waals surface area contributed by atoms with Gasteiger partial charge < -0.3 is 9.47 Å². The minimum absolute atomic E-state index is 0.00484. The number of ether oxygens (including phenoxy) is 2. The van der Waals surface area contributed by atoms with Crippen LogP contribution in [0, 0.1) is 0 Å². The summed E-state index contributed by atoms with van der Waals surface area (Å²) in [7, 11) is -2.31. The molecule has 0 radical (unpaired) electrons. The number of fused-ring (bicyclic) bond motifs is 1. The van der Waals surface area contributed by atoms with E-state index in [1.165, 1.54) is 22.1 Å². The molecule has 1 atom stereocenters. The highest BCUT2D eigenvalue weighted by molar-refractivity contribution is 9.10. The minimum Gasteiger partial charge on any atom is -0.465 e. The van der Waals surface area contributed by atoms with Gasteiger partial charge in [-0.05, 0) is 71.8 Å². The van der Waals surface area contributed by atoms with Crippen molar-refractivity contribution in [3.8, 4) is 11.6 Å². The van der Waals surface area contributed by atoms with Gasteiger partial charge in [0.05, 0.1) is 29.5 Å². The maximum absolute atomic E-state index is 13.6. The Labute approximate surface area is 226 Å². The van der Waals surface area contributed by atoms with Crippen molar-refractivity contribution in [2.24, 2.45) is 0 Å². The Morgan fingerprint density at radius 2 is 1.97 bits per heavy atom. The third-order valence-electron chi connectivity index (χ3n) is 6.47. The van der Waals surface area contributed by atoms with Crippen LogP contribution in [0.15, 0.2) is 52.1 Å². The van der Waals surface area contributed by atoms with Crippen LogP contribution < -0.4 is 4.74 Å². The summed E-state index contributed by atoms with van der Waals surface area (Å²) >= 11 is 3.42. The maximum atomic E-state index is 13.6. The third-order valence-corrected chi connectivity index (χ3v) is 8.87. The van der Waals surface area contributed by atoms with Gasteiger partial charge in [-0.15, -0.1) is 0 Å². The zero-order valence-corrected chi connectivity index (χ0v) is 23.8. The van der Waals surface area contributed by atoms with Gasteiger partial charge in [-0.3, -0.25) is 9.48 Å². The number of esters is 1. The molecular formula is C26H31BrN4O5S. The number of nitrogens with zero attached hydrogens (tertiary/aromatic N) is 4. The van der Waals surface area contributed by atoms with E-state index in [0.29, 0.717) is 29.2 Å². The number of hydrogen-bond acceptors (Lipinski definition) is 7. The lowest BCUT2D eigenvalue weighted by atomic mass is 9.93. The van der Waals surface area contributed by atoms with Crippen LogP contribution >= 0.6 is 15.9 Å². The molecular weight excluding hydrogens is 560 g/mol. The molecule has 3 aromatic rings. The Balaban J connectivity index is 1.53. The van der Waals surface area contributed by atoms with E-state index < -0.39 is 16.1 Å². The van der Waals surface area contributed by atoms with E-state index in [4.69, 9.17) is 9.47 Å². The van der Waals surface area contributed by atoms with Crippen molar-refractivity contribution in [2.75, 3.05) is 13.7 Å². The number of carbonyl (C=O) groups excluding carboxylic acids is 1. The first-order valence-electron chi connectivity index (χ1n) is 12.2. The number of sulfonamides is 1. The van der Waals surface area contributed by atoms with Crippen LogP contribution in [-0.4, -0.2) is 47.1 Å². The molecule has 0 fully saturated rings. The molecule has 0 saturated carbocycles. The van der Waals surface area contributed by atoms with Gasteiger partial charge in [0.25, 0.3) is 0 Å². The highest BCUT2D eigenvalue weighted by Crippen LogP contribution is 2.37. The normalized spacial score (nSPS) is 15.6. The van der Waals surface area contributed by atoms with Crippen molar-refractivity contribution < 1.29 is 22.7 Å². The molecule has 198 valence electrons. The zero-order valence-electron chi connectivity index (χ0n) is 21.3. The Bertz CT molecular complexity index is 1370. The predicted molar refractivity (Wildman–Crippen MR) is 142 cm³/mol. The Kier molecular flexibility index (Phi) is 8.35. The Hall–Kier alpha value is -2.76. The molecule has 1 aromatic carbocycles. The van der Waals surface area contributed by atoms with Gasteiger partial charge >= 0.3 is 5.97 Å². The number of rotatable bonds is 9. The van der Waals surface area contributed by atoms with E-state index in [1.54, 1.807) is 24.9 Å². The molecule has 9 nitrogen and oxygen atoms in total. The molecule has 2 heterocycles. The molecule has 0 saturated heterocycles. The first-order valence-corrected chi connectivity index (χ1v) is 14.5. The second-order valence-corrected chi connectivity index (χ2v) is 12.1. The molecule has 1 unspecified atom stereocenters. The highest BCUT2D eigenvalue weighted by atomic mass is 79.9. The first-order chi connectivity index (χ1) is 17.6. The van der Waals surface area contributed by atoms with Crippen molar-refractivity contribution in [2.45, 2.75) is 63.4 Å². The van der Waals surface area contributed by atoms with Gasteiger partial charge in [-0.25, -0.2) is 13.4 Å². The average molecular weight is 592 g/mol. The molecule has 0 amide bonds. The van der Waals surface area contributed by atoms with E-state index in [9.17, 15) is 13.2 Å². The minimum atomic E-state index is -3.87. The van der Waals surface area contributed by atoms with E-state index in [0.717, 1.165) is 24.1 Å². The molecule has 2 aromatic heterocycles. The summed E-state index contributed by atoms with van der Waals surface area (Å²) < 4.78 is 41.4. The molecule has 0 aliphatic heterocycles. The molecule has 0 bridgehead atoms. The van der Waals surface area contributed by atoms with Crippen molar-refractivity contribution in [3.63, 3.8) is 0 Å². The van der Waals surface area contributed by atoms with Crippen LogP contribution in [0.5, 0.6) is 11.6 Å². The molecule has 1 aliphatic rings. The molecule has 11 heteroatoms. The number of halogens is 1. The van der Waals surface area contributed by atoms with Crippen molar-refractivity contribution in [3.05, 3.63) is 64.0 Å². The molecule has 37 heavy (non-hydrogen) atoms. The summed E-state index contributed by atoms with van der Waals surface area (Å²) in [6.07, 6.45) is 5.10. The summed E-state index contributed by atoms with van der Waals surface area (Å²) in [5, 5.41) is 4.35. The quantitative estimate of drug-likeness (QED) is 0.315. The smallest absolute Gasteiger partial charge is 0.327 e. The Morgan fingerprint density at radius 3 is 2.62 bits per heavy atom. The van der Waals surface area contributed by atoms with Gasteiger partial charge in [0.2, 0.25) is 15.9 Å². The van der Waals surface area contributed by atoms with Crippen LogP contribution in [0.1, 0.15) is 62.4 Å². The molecule has 0 spiro atoms. The number of carbonyl (C=O) groups is 1. The molecule has 4 rings (SSSR count). The van der Waals surface area contributed by atoms with Crippen molar-refractivity contribution >= 4 is 31.9 Å². The van der Waals surface area contributed by atoms with Gasteiger partial charge in [-0.2, -0.15) is 9.40 Å². The zero-order chi connectivity index (χ0) is 26.7. The topological polar surface area (TPSA) is 104 Å². The van der Waals surface area contributed by atoms with Crippen molar-refractivity contribution in [1.82, 2.24) is 19.1 Å². The van der Waals surface area contributed by atoms with E-state index >= 15 is 0 Å². The summed E-state index contributed by atoms with van der Waals surface area (Å²) in [5.74, 6) is 0.928. The third kappa shape index (κ3) is 5.89. The van der Waals surface area contributed by atoms with Crippen LogP contribution in [-0.2, 0) is 32.5 Å². The van der Waals surface area contributed by atoms with E-state index in [1.807, 2.05) is 24.3 Å². The summed E-state index contributed by atoms with van der Waals surface area (Å²) in [6.45, 7) is 6.29. The second kappa shape index (κ2) is 11.3. The lowest BCUT2D eigenvalue weighted by molar-refractivity contribution is -0.144. The summed E-state index contributed by atoms with van der Waals surface area (Å²) in [4.78, 5) is 16.3. The number of benzene rings is 1.